The van der Waals surface area contributed by atoms with Crippen LogP contribution in [0, 0.1) is 22.7 Å². The van der Waals surface area contributed by atoms with Crippen LogP contribution in [-0.4, -0.2) is 6.21 Å². The van der Waals surface area contributed by atoms with Gasteiger partial charge < -0.3 is 5.32 Å². The van der Waals surface area contributed by atoms with Gasteiger partial charge in [0.15, 0.2) is 11.4 Å². The van der Waals surface area contributed by atoms with Crippen molar-refractivity contribution in [1.29, 1.82) is 10.5 Å². The minimum atomic E-state index is 0.0590. The number of aliphatic imine (C=N–C) groups is 1. The van der Waals surface area contributed by atoms with Gasteiger partial charge in [-0.1, -0.05) is 47.6 Å². The first kappa shape index (κ1) is 20.7. The molecule has 0 radical (unpaired) electrons. The second-order valence-electron chi connectivity index (χ2n) is 5.74. The average molecular weight is 435 g/mol. The second kappa shape index (κ2) is 10.5. The molecule has 0 spiro atoms. The number of allylic oxidation sites excluding steroid dienone is 2. The zero-order valence-corrected chi connectivity index (χ0v) is 17.6. The number of hydrogen-bond acceptors (Lipinski definition) is 6. The molecule has 0 atom stereocenters. The van der Waals surface area contributed by atoms with E-state index in [1.54, 1.807) is 18.0 Å². The number of hydrogen-bond donors (Lipinski definition) is 1. The van der Waals surface area contributed by atoms with E-state index in [0.29, 0.717) is 11.6 Å². The third kappa shape index (κ3) is 5.97. The summed E-state index contributed by atoms with van der Waals surface area (Å²) >= 11 is 9.08. The molecule has 142 valence electrons. The quantitative estimate of drug-likeness (QED) is 0.364. The molecule has 3 aromatic rings. The van der Waals surface area contributed by atoms with Crippen molar-refractivity contribution >= 4 is 40.9 Å². The van der Waals surface area contributed by atoms with Gasteiger partial charge in [-0.05, 0) is 47.3 Å². The van der Waals surface area contributed by atoms with Gasteiger partial charge in [0, 0.05) is 32.5 Å². The highest BCUT2D eigenvalue weighted by Gasteiger charge is 2.08. The monoisotopic (exact) mass is 434 g/mol. The Morgan fingerprint density at radius 1 is 1.07 bits per heavy atom. The van der Waals surface area contributed by atoms with Gasteiger partial charge in [-0.2, -0.15) is 10.5 Å². The van der Waals surface area contributed by atoms with Crippen LogP contribution in [0.15, 0.2) is 92.2 Å². The molecule has 0 amide bonds. The molecule has 3 rings (SSSR count). The number of benzene rings is 2. The van der Waals surface area contributed by atoms with Gasteiger partial charge in [0.1, 0.15) is 12.1 Å². The molecule has 7 heteroatoms. The van der Waals surface area contributed by atoms with E-state index in [1.165, 1.54) is 11.3 Å². The largest absolute Gasteiger partial charge is 0.370 e. The molecule has 0 aliphatic rings. The summed E-state index contributed by atoms with van der Waals surface area (Å²) in [5.74, 6) is 0. The minimum Gasteiger partial charge on any atom is -0.370 e. The molecule has 1 N–H and O–H groups in total. The molecule has 4 nitrogen and oxygen atoms in total. The second-order valence-corrected chi connectivity index (χ2v) is 8.27. The minimum absolute atomic E-state index is 0.0590. The first-order chi connectivity index (χ1) is 14.2. The Hall–Kier alpha value is -3.03. The van der Waals surface area contributed by atoms with E-state index in [1.807, 2.05) is 78.2 Å². The number of nitrogens with one attached hydrogen (secondary N) is 1. The summed E-state index contributed by atoms with van der Waals surface area (Å²) in [7, 11) is 0. The molecule has 2 aromatic carbocycles. The Balaban J connectivity index is 1.76. The van der Waals surface area contributed by atoms with Crippen molar-refractivity contribution in [2.75, 3.05) is 0 Å². The zero-order valence-electron chi connectivity index (χ0n) is 15.2. The molecule has 0 aliphatic carbocycles. The van der Waals surface area contributed by atoms with Gasteiger partial charge in [-0.25, -0.2) is 4.99 Å². The molecule has 0 fully saturated rings. The van der Waals surface area contributed by atoms with Crippen LogP contribution in [0.2, 0.25) is 5.02 Å². The van der Waals surface area contributed by atoms with Crippen LogP contribution in [0.4, 0.5) is 0 Å². The molecule has 0 saturated heterocycles. The van der Waals surface area contributed by atoms with Crippen molar-refractivity contribution in [3.05, 3.63) is 92.9 Å². The molecular weight excluding hydrogens is 420 g/mol. The van der Waals surface area contributed by atoms with Crippen molar-refractivity contribution in [3.8, 4) is 12.1 Å². The Bertz CT molecular complexity index is 1100. The Kier molecular flexibility index (Phi) is 7.49. The standard InChI is InChI=1S/C22H15ClN4S2/c23-17-7-9-18(10-8-17)29-22-6-2-1-4-16(22)14-26-20(12-24)21(13-25)27-15-19-5-3-11-28-19/h1-11,15,26H,14H2/b21-20-,27-15?. The molecule has 0 bridgehead atoms. The number of nitrogens with zero attached hydrogens (tertiary/aromatic N) is 3. The normalized spacial score (nSPS) is 11.6. The van der Waals surface area contributed by atoms with E-state index in [0.717, 1.165) is 20.2 Å². The molecule has 0 aliphatic heterocycles. The molecule has 29 heavy (non-hydrogen) atoms. The fourth-order valence-corrected chi connectivity index (χ4v) is 4.04. The van der Waals surface area contributed by atoms with Crippen LogP contribution in [0.25, 0.3) is 0 Å². The lowest BCUT2D eigenvalue weighted by Gasteiger charge is -2.11. The van der Waals surface area contributed by atoms with Gasteiger partial charge in [-0.15, -0.1) is 11.3 Å². The molecule has 1 heterocycles. The maximum absolute atomic E-state index is 9.48. The van der Waals surface area contributed by atoms with E-state index >= 15 is 0 Å². The number of thiophene rings is 1. The van der Waals surface area contributed by atoms with Crippen LogP contribution >= 0.6 is 34.7 Å². The van der Waals surface area contributed by atoms with Crippen LogP contribution in [0.3, 0.4) is 0 Å². The Morgan fingerprint density at radius 3 is 2.55 bits per heavy atom. The highest BCUT2D eigenvalue weighted by Crippen LogP contribution is 2.31. The van der Waals surface area contributed by atoms with E-state index in [9.17, 15) is 10.5 Å². The highest BCUT2D eigenvalue weighted by atomic mass is 35.5. The van der Waals surface area contributed by atoms with Gasteiger partial charge in [0.05, 0.1) is 0 Å². The summed E-state index contributed by atoms with van der Waals surface area (Å²) in [6, 6.07) is 23.4. The van der Waals surface area contributed by atoms with E-state index in [4.69, 9.17) is 11.6 Å². The fourth-order valence-electron chi connectivity index (χ4n) is 2.38. The van der Waals surface area contributed by atoms with Crippen LogP contribution in [0.5, 0.6) is 0 Å². The predicted octanol–water partition coefficient (Wildman–Crippen LogP) is 6.02. The van der Waals surface area contributed by atoms with Crippen LogP contribution < -0.4 is 5.32 Å². The maximum Gasteiger partial charge on any atom is 0.174 e. The summed E-state index contributed by atoms with van der Waals surface area (Å²) in [5, 5.41) is 24.6. The predicted molar refractivity (Wildman–Crippen MR) is 119 cm³/mol. The third-order valence-corrected chi connectivity index (χ3v) is 5.97. The lowest BCUT2D eigenvalue weighted by atomic mass is 10.2. The van der Waals surface area contributed by atoms with Crippen LogP contribution in [-0.2, 0) is 6.54 Å². The number of halogens is 1. The molecule has 0 saturated carbocycles. The van der Waals surface area contributed by atoms with E-state index < -0.39 is 0 Å². The summed E-state index contributed by atoms with van der Waals surface area (Å²) in [6.45, 7) is 0.402. The smallest absolute Gasteiger partial charge is 0.174 e. The van der Waals surface area contributed by atoms with Crippen molar-refractivity contribution in [3.63, 3.8) is 0 Å². The van der Waals surface area contributed by atoms with Gasteiger partial charge in [0.2, 0.25) is 0 Å². The van der Waals surface area contributed by atoms with Crippen LogP contribution in [0.1, 0.15) is 10.4 Å². The Morgan fingerprint density at radius 2 is 1.86 bits per heavy atom. The summed E-state index contributed by atoms with van der Waals surface area (Å²) in [5.41, 5.74) is 1.22. The first-order valence-corrected chi connectivity index (χ1v) is 10.6. The summed E-state index contributed by atoms with van der Waals surface area (Å²) in [4.78, 5) is 7.21. The average Bonchev–Trinajstić information content (AvgIpc) is 3.27. The van der Waals surface area contributed by atoms with Crippen molar-refractivity contribution in [2.24, 2.45) is 4.99 Å². The van der Waals surface area contributed by atoms with Crippen molar-refractivity contribution in [1.82, 2.24) is 5.32 Å². The SMILES string of the molecule is N#C/C(N=Cc1cccs1)=C(\C#N)NCc1ccccc1Sc1ccc(Cl)cc1. The summed E-state index contributed by atoms with van der Waals surface area (Å²) in [6.07, 6.45) is 1.59. The molecular formula is C22H15ClN4S2. The third-order valence-electron chi connectivity index (χ3n) is 3.79. The molecule has 1 aromatic heterocycles. The van der Waals surface area contributed by atoms with Crippen molar-refractivity contribution < 1.29 is 0 Å². The van der Waals surface area contributed by atoms with E-state index in [2.05, 4.69) is 10.3 Å². The topological polar surface area (TPSA) is 72.0 Å². The van der Waals surface area contributed by atoms with E-state index in [-0.39, 0.29) is 11.4 Å². The maximum atomic E-state index is 9.48. The lowest BCUT2D eigenvalue weighted by Crippen LogP contribution is -2.14. The number of nitriles is 2. The summed E-state index contributed by atoms with van der Waals surface area (Å²) < 4.78 is 0. The Labute approximate surface area is 182 Å². The fraction of sp³-hybridized carbons (Fsp3) is 0.0455. The van der Waals surface area contributed by atoms with Gasteiger partial charge in [0.25, 0.3) is 0 Å². The van der Waals surface area contributed by atoms with Gasteiger partial charge in [-0.3, -0.25) is 0 Å². The zero-order chi connectivity index (χ0) is 20.5. The highest BCUT2D eigenvalue weighted by molar-refractivity contribution is 7.99. The van der Waals surface area contributed by atoms with Gasteiger partial charge >= 0.3 is 0 Å². The number of rotatable bonds is 7. The first-order valence-electron chi connectivity index (χ1n) is 8.57. The molecule has 0 unspecified atom stereocenters. The van der Waals surface area contributed by atoms with Crippen molar-refractivity contribution in [2.45, 2.75) is 16.3 Å². The lowest BCUT2D eigenvalue weighted by molar-refractivity contribution is 0.813.